The SMILES string of the molecule is CCCC(=O)[C@H]([C@H](C)O)[Si@](C)(COCc1ccccc1)C(C)(C)C. The van der Waals surface area contributed by atoms with Crippen molar-refractivity contribution in [1.82, 2.24) is 0 Å². The van der Waals surface area contributed by atoms with Crippen LogP contribution >= 0.6 is 0 Å². The number of carbonyl (C=O) groups is 1. The lowest BCUT2D eigenvalue weighted by Gasteiger charge is -2.46. The third kappa shape index (κ3) is 5.26. The fourth-order valence-electron chi connectivity index (χ4n) is 3.29. The van der Waals surface area contributed by atoms with E-state index in [0.29, 0.717) is 19.3 Å². The summed E-state index contributed by atoms with van der Waals surface area (Å²) in [6.45, 7) is 13.1. The second-order valence-corrected chi connectivity index (χ2v) is 13.3. The maximum absolute atomic E-state index is 12.7. The summed E-state index contributed by atoms with van der Waals surface area (Å²) in [5.74, 6) is 0.194. The number of aliphatic hydroxyl groups is 1. The zero-order chi connectivity index (χ0) is 18.4. The molecule has 0 saturated carbocycles. The van der Waals surface area contributed by atoms with Gasteiger partial charge in [0.05, 0.1) is 20.8 Å². The number of hydrogen-bond donors (Lipinski definition) is 1. The van der Waals surface area contributed by atoms with E-state index in [1.165, 1.54) is 0 Å². The van der Waals surface area contributed by atoms with Crippen LogP contribution in [-0.4, -0.2) is 31.3 Å². The van der Waals surface area contributed by atoms with Gasteiger partial charge >= 0.3 is 0 Å². The highest BCUT2D eigenvalue weighted by Gasteiger charge is 2.51. The van der Waals surface area contributed by atoms with Gasteiger partial charge in [0.1, 0.15) is 5.78 Å². The van der Waals surface area contributed by atoms with Crippen LogP contribution in [-0.2, 0) is 16.1 Å². The maximum Gasteiger partial charge on any atom is 0.135 e. The van der Waals surface area contributed by atoms with Gasteiger partial charge < -0.3 is 9.84 Å². The molecule has 0 aliphatic rings. The monoisotopic (exact) mass is 350 g/mol. The molecule has 24 heavy (non-hydrogen) atoms. The number of rotatable bonds is 9. The molecule has 0 unspecified atom stereocenters. The molecule has 0 amide bonds. The normalized spacial score (nSPS) is 17.1. The van der Waals surface area contributed by atoms with Gasteiger partial charge in [0.15, 0.2) is 0 Å². The Labute approximate surface area is 148 Å². The molecule has 0 spiro atoms. The minimum Gasteiger partial charge on any atom is -0.393 e. The summed E-state index contributed by atoms with van der Waals surface area (Å²) in [7, 11) is -2.22. The van der Waals surface area contributed by atoms with Crippen LogP contribution in [0.25, 0.3) is 0 Å². The Morgan fingerprint density at radius 2 is 1.83 bits per heavy atom. The summed E-state index contributed by atoms with van der Waals surface area (Å²) < 4.78 is 6.07. The van der Waals surface area contributed by atoms with Gasteiger partial charge in [-0.1, -0.05) is 64.6 Å². The average Bonchev–Trinajstić information content (AvgIpc) is 2.47. The lowest BCUT2D eigenvalue weighted by atomic mass is 10.1. The molecule has 0 saturated heterocycles. The second-order valence-electron chi connectivity index (χ2n) is 8.08. The summed E-state index contributed by atoms with van der Waals surface area (Å²) in [5.41, 5.74) is 0.851. The third-order valence-electron chi connectivity index (χ3n) is 5.24. The Balaban J connectivity index is 2.97. The predicted molar refractivity (Wildman–Crippen MR) is 103 cm³/mol. The Morgan fingerprint density at radius 1 is 1.25 bits per heavy atom. The molecule has 0 aliphatic heterocycles. The summed E-state index contributed by atoms with van der Waals surface area (Å²) >= 11 is 0. The molecule has 136 valence electrons. The van der Waals surface area contributed by atoms with E-state index < -0.39 is 14.2 Å². The van der Waals surface area contributed by atoms with Crippen LogP contribution in [0.15, 0.2) is 30.3 Å². The van der Waals surface area contributed by atoms with E-state index in [4.69, 9.17) is 4.74 Å². The average molecular weight is 351 g/mol. The van der Waals surface area contributed by atoms with Crippen molar-refractivity contribution in [3.63, 3.8) is 0 Å². The van der Waals surface area contributed by atoms with Crippen molar-refractivity contribution in [3.05, 3.63) is 35.9 Å². The van der Waals surface area contributed by atoms with E-state index in [1.807, 2.05) is 37.3 Å². The molecule has 0 aromatic heterocycles. The highest BCUT2D eigenvalue weighted by molar-refractivity contribution is 6.85. The van der Waals surface area contributed by atoms with Crippen LogP contribution in [0.1, 0.15) is 53.0 Å². The van der Waals surface area contributed by atoms with Crippen molar-refractivity contribution in [2.24, 2.45) is 0 Å². The number of ether oxygens (including phenoxy) is 1. The van der Waals surface area contributed by atoms with E-state index in [1.54, 1.807) is 6.92 Å². The fraction of sp³-hybridized carbons (Fsp3) is 0.650. The van der Waals surface area contributed by atoms with Gasteiger partial charge in [-0.25, -0.2) is 0 Å². The van der Waals surface area contributed by atoms with Gasteiger partial charge in [-0.2, -0.15) is 0 Å². The second kappa shape index (κ2) is 8.93. The predicted octanol–water partition coefficient (Wildman–Crippen LogP) is 4.74. The van der Waals surface area contributed by atoms with Crippen LogP contribution in [0.3, 0.4) is 0 Å². The van der Waals surface area contributed by atoms with Gasteiger partial charge in [0, 0.05) is 18.2 Å². The molecule has 3 nitrogen and oxygen atoms in total. The van der Waals surface area contributed by atoms with Crippen molar-refractivity contribution in [3.8, 4) is 0 Å². The largest absolute Gasteiger partial charge is 0.393 e. The number of carbonyl (C=O) groups excluding carboxylic acids is 1. The minimum absolute atomic E-state index is 0.0330. The first kappa shape index (κ1) is 21.1. The molecule has 1 aromatic rings. The molecule has 1 rings (SSSR count). The first-order chi connectivity index (χ1) is 11.1. The van der Waals surface area contributed by atoms with Crippen molar-refractivity contribution in [2.75, 3.05) is 6.23 Å². The van der Waals surface area contributed by atoms with Gasteiger partial charge in [0.25, 0.3) is 0 Å². The van der Waals surface area contributed by atoms with E-state index in [-0.39, 0.29) is 16.4 Å². The van der Waals surface area contributed by atoms with Crippen molar-refractivity contribution in [1.29, 1.82) is 0 Å². The highest BCUT2D eigenvalue weighted by Crippen LogP contribution is 2.46. The summed E-state index contributed by atoms with van der Waals surface area (Å²) in [6.07, 6.45) is 1.31. The lowest BCUT2D eigenvalue weighted by molar-refractivity contribution is -0.121. The Kier molecular flexibility index (Phi) is 7.84. The summed E-state index contributed by atoms with van der Waals surface area (Å²) in [4.78, 5) is 12.7. The Morgan fingerprint density at radius 3 is 2.29 bits per heavy atom. The Hall–Kier alpha value is -0.973. The first-order valence-electron chi connectivity index (χ1n) is 8.96. The van der Waals surface area contributed by atoms with Crippen molar-refractivity contribution < 1.29 is 14.6 Å². The molecule has 1 N–H and O–H groups in total. The molecular weight excluding hydrogens is 316 g/mol. The van der Waals surface area contributed by atoms with Crippen molar-refractivity contribution >= 4 is 13.9 Å². The summed E-state index contributed by atoms with van der Waals surface area (Å²) in [6, 6.07) is 10.1. The van der Waals surface area contributed by atoms with Gasteiger partial charge in [0.2, 0.25) is 0 Å². The van der Waals surface area contributed by atoms with E-state index in [2.05, 4.69) is 27.3 Å². The molecule has 0 aliphatic carbocycles. The quantitative estimate of drug-likeness (QED) is 0.654. The standard InChI is InChI=1S/C20H34O3Si/c1-7-11-18(22)19(16(2)21)24(6,20(3,4)5)15-23-14-17-12-9-8-10-13-17/h8-10,12-13,16,19,21H,7,11,14-15H2,1-6H3/t16-,19-,24-/m0/s1. The minimum atomic E-state index is -2.22. The number of hydrogen-bond acceptors (Lipinski definition) is 3. The van der Waals surface area contributed by atoms with Gasteiger partial charge in [-0.15, -0.1) is 0 Å². The van der Waals surface area contributed by atoms with Gasteiger partial charge in [-0.05, 0) is 23.9 Å². The van der Waals surface area contributed by atoms with Crippen molar-refractivity contribution in [2.45, 2.75) is 77.3 Å². The molecule has 1 aromatic carbocycles. The molecule has 0 radical (unpaired) electrons. The highest BCUT2D eigenvalue weighted by atomic mass is 28.3. The van der Waals surface area contributed by atoms with Crippen LogP contribution in [0.4, 0.5) is 0 Å². The smallest absolute Gasteiger partial charge is 0.135 e. The van der Waals surface area contributed by atoms with Crippen LogP contribution in [0, 0.1) is 0 Å². The molecule has 0 heterocycles. The molecule has 0 fully saturated rings. The zero-order valence-electron chi connectivity index (χ0n) is 16.1. The zero-order valence-corrected chi connectivity index (χ0v) is 17.1. The molecule has 4 heteroatoms. The third-order valence-corrected chi connectivity index (χ3v) is 11.6. The molecule has 3 atom stereocenters. The number of benzene rings is 1. The fourth-order valence-corrected chi connectivity index (χ4v) is 7.28. The maximum atomic E-state index is 12.7. The number of aliphatic hydroxyl groups excluding tert-OH is 1. The van der Waals surface area contributed by atoms with Crippen LogP contribution < -0.4 is 0 Å². The molecular formula is C20H34O3Si. The first-order valence-corrected chi connectivity index (χ1v) is 11.7. The van der Waals surface area contributed by atoms with E-state index in [0.717, 1.165) is 12.0 Å². The number of Topliss-reactive ketones (excluding diaryl/α,β-unsaturated/α-hetero) is 1. The molecule has 0 bridgehead atoms. The van der Waals surface area contributed by atoms with E-state index in [9.17, 15) is 9.90 Å². The van der Waals surface area contributed by atoms with E-state index >= 15 is 0 Å². The lowest BCUT2D eigenvalue weighted by Crippen LogP contribution is -2.55. The topological polar surface area (TPSA) is 46.5 Å². The van der Waals surface area contributed by atoms with Crippen LogP contribution in [0.5, 0.6) is 0 Å². The summed E-state index contributed by atoms with van der Waals surface area (Å²) in [5, 5.41) is 10.3. The van der Waals surface area contributed by atoms with Gasteiger partial charge in [-0.3, -0.25) is 4.79 Å². The Bertz CT molecular complexity index is 507. The number of ketones is 1. The van der Waals surface area contributed by atoms with Crippen LogP contribution in [0.2, 0.25) is 17.1 Å².